The Kier molecular flexibility index (Phi) is 7.31. The zero-order chi connectivity index (χ0) is 25.9. The van der Waals surface area contributed by atoms with Crippen molar-refractivity contribution < 1.29 is 23.2 Å². The number of halogens is 3. The number of hydrogen-bond donors (Lipinski definition) is 2. The van der Waals surface area contributed by atoms with Crippen LogP contribution in [0.2, 0.25) is 0 Å². The molecule has 10 heteroatoms. The molecule has 0 atom stereocenters. The van der Waals surface area contributed by atoms with Crippen LogP contribution in [-0.2, 0) is 6.18 Å². The van der Waals surface area contributed by atoms with E-state index in [1.54, 1.807) is 24.6 Å². The van der Waals surface area contributed by atoms with Gasteiger partial charge in [-0.05, 0) is 61.6 Å². The van der Waals surface area contributed by atoms with Gasteiger partial charge in [-0.2, -0.15) is 18.4 Å². The van der Waals surface area contributed by atoms with Crippen molar-refractivity contribution in [3.05, 3.63) is 59.4 Å². The van der Waals surface area contributed by atoms with Crippen LogP contribution in [0.15, 0.2) is 42.6 Å². The van der Waals surface area contributed by atoms with Gasteiger partial charge in [-0.15, -0.1) is 0 Å². The van der Waals surface area contributed by atoms with Crippen LogP contribution < -0.4 is 20.7 Å². The number of rotatable bonds is 6. The lowest BCUT2D eigenvalue weighted by atomic mass is 9.97. The highest BCUT2D eigenvalue weighted by Crippen LogP contribution is 2.39. The first kappa shape index (κ1) is 25.3. The third-order valence-corrected chi connectivity index (χ3v) is 6.40. The van der Waals surface area contributed by atoms with Crippen molar-refractivity contribution in [3.63, 3.8) is 0 Å². The van der Waals surface area contributed by atoms with Crippen LogP contribution in [0.3, 0.4) is 0 Å². The highest BCUT2D eigenvalue weighted by atomic mass is 19.4. The number of nitrogens with two attached hydrogens (primary N) is 2. The maximum absolute atomic E-state index is 13.9. The fourth-order valence-electron chi connectivity index (χ4n) is 4.31. The van der Waals surface area contributed by atoms with E-state index in [0.29, 0.717) is 5.69 Å². The van der Waals surface area contributed by atoms with Gasteiger partial charge in [-0.3, -0.25) is 0 Å². The second-order valence-electron chi connectivity index (χ2n) is 8.90. The molecule has 0 spiro atoms. The molecule has 1 saturated heterocycles. The van der Waals surface area contributed by atoms with Crippen LogP contribution >= 0.6 is 0 Å². The molecule has 4 N–H and O–H groups in total. The smallest absolute Gasteiger partial charge is 0.419 e. The van der Waals surface area contributed by atoms with Crippen LogP contribution in [0.4, 0.5) is 30.4 Å². The van der Waals surface area contributed by atoms with Gasteiger partial charge < -0.3 is 20.7 Å². The van der Waals surface area contributed by atoms with E-state index in [0.717, 1.165) is 43.4 Å². The van der Waals surface area contributed by atoms with Gasteiger partial charge in [0.2, 0.25) is 0 Å². The van der Waals surface area contributed by atoms with Crippen molar-refractivity contribution in [2.75, 3.05) is 37.4 Å². The molecular weight excluding hydrogens is 469 g/mol. The van der Waals surface area contributed by atoms with E-state index in [1.807, 2.05) is 25.1 Å². The van der Waals surface area contributed by atoms with E-state index in [-0.39, 0.29) is 40.9 Å². The Bertz CT molecular complexity index is 1280. The molecular formula is C26H28F3N6O+. The van der Waals surface area contributed by atoms with Crippen molar-refractivity contribution in [2.45, 2.75) is 25.9 Å². The minimum Gasteiger partial charge on any atom is -0.493 e. The summed E-state index contributed by atoms with van der Waals surface area (Å²) in [6.45, 7) is 3.76. The van der Waals surface area contributed by atoms with Gasteiger partial charge in [0, 0.05) is 30.9 Å². The maximum Gasteiger partial charge on any atom is 0.419 e. The van der Waals surface area contributed by atoms with Gasteiger partial charge in [0.05, 0.1) is 24.9 Å². The molecule has 36 heavy (non-hydrogen) atoms. The molecule has 0 saturated carbocycles. The number of hydrogen-bond acceptors (Lipinski definition) is 6. The Morgan fingerprint density at radius 2 is 1.94 bits per heavy atom. The second-order valence-corrected chi connectivity index (χ2v) is 8.90. The molecule has 0 aliphatic carbocycles. The van der Waals surface area contributed by atoms with Crippen molar-refractivity contribution in [2.24, 2.45) is 5.92 Å². The first-order valence-corrected chi connectivity index (χ1v) is 11.7. The lowest BCUT2D eigenvalue weighted by Crippen LogP contribution is -2.73. The molecule has 3 aromatic rings. The van der Waals surface area contributed by atoms with Crippen molar-refractivity contribution >= 4 is 17.2 Å². The first-order chi connectivity index (χ1) is 17.2. The number of alkyl halides is 3. The zero-order valence-electron chi connectivity index (χ0n) is 20.1. The topological polar surface area (TPSA) is 105 Å². The summed E-state index contributed by atoms with van der Waals surface area (Å²) in [6.07, 6.45) is -1.23. The summed E-state index contributed by atoms with van der Waals surface area (Å²) >= 11 is 0. The van der Waals surface area contributed by atoms with Crippen LogP contribution in [0, 0.1) is 24.2 Å². The van der Waals surface area contributed by atoms with E-state index >= 15 is 0 Å². The quantitative estimate of drug-likeness (QED) is 0.533. The lowest BCUT2D eigenvalue weighted by Gasteiger charge is -2.33. The Labute approximate surface area is 207 Å². The van der Waals surface area contributed by atoms with Crippen LogP contribution in [0.25, 0.3) is 11.3 Å². The highest BCUT2D eigenvalue weighted by Gasteiger charge is 2.35. The van der Waals surface area contributed by atoms with E-state index in [2.05, 4.69) is 14.9 Å². The SMILES string of the molecule is C[NH2+]c1cc(-c2ccc(OCC3CCN(c4cc(C)ccn4)CC3)c(C(F)(F)F)c2)nc(C#N)c1N. The van der Waals surface area contributed by atoms with Gasteiger partial charge in [0.1, 0.15) is 23.3 Å². The molecule has 1 fully saturated rings. The number of pyridine rings is 2. The molecule has 0 radical (unpaired) electrons. The summed E-state index contributed by atoms with van der Waals surface area (Å²) in [5.41, 5.74) is 7.35. The lowest BCUT2D eigenvalue weighted by molar-refractivity contribution is -0.538. The number of aromatic nitrogens is 2. The fourth-order valence-corrected chi connectivity index (χ4v) is 4.31. The summed E-state index contributed by atoms with van der Waals surface area (Å²) in [5, 5.41) is 11.0. The Morgan fingerprint density at radius 1 is 1.19 bits per heavy atom. The van der Waals surface area contributed by atoms with Crippen LogP contribution in [-0.4, -0.2) is 36.7 Å². The third-order valence-electron chi connectivity index (χ3n) is 6.40. The van der Waals surface area contributed by atoms with Gasteiger partial charge in [0.15, 0.2) is 11.4 Å². The van der Waals surface area contributed by atoms with Gasteiger partial charge in [-0.1, -0.05) is 0 Å². The fraction of sp³-hybridized carbons (Fsp3) is 0.346. The molecule has 1 aliphatic rings. The van der Waals surface area contributed by atoms with E-state index in [4.69, 9.17) is 10.5 Å². The van der Waals surface area contributed by atoms with Crippen molar-refractivity contribution in [1.29, 1.82) is 5.26 Å². The number of anilines is 2. The Hall–Kier alpha value is -3.84. The van der Waals surface area contributed by atoms with Gasteiger partial charge >= 0.3 is 6.18 Å². The number of ether oxygens (including phenoxy) is 1. The van der Waals surface area contributed by atoms with Crippen LogP contribution in [0.1, 0.15) is 29.7 Å². The largest absolute Gasteiger partial charge is 0.493 e. The molecule has 188 valence electrons. The molecule has 7 nitrogen and oxygen atoms in total. The van der Waals surface area contributed by atoms with E-state index in [9.17, 15) is 18.4 Å². The summed E-state index contributed by atoms with van der Waals surface area (Å²) < 4.78 is 47.5. The zero-order valence-corrected chi connectivity index (χ0v) is 20.1. The number of benzene rings is 1. The number of nitrogen functional groups attached to an aromatic ring is 1. The predicted molar refractivity (Wildman–Crippen MR) is 131 cm³/mol. The predicted octanol–water partition coefficient (Wildman–Crippen LogP) is 4.04. The highest BCUT2D eigenvalue weighted by molar-refractivity contribution is 5.73. The number of quaternary nitrogens is 1. The van der Waals surface area contributed by atoms with Crippen molar-refractivity contribution in [3.8, 4) is 23.1 Å². The molecule has 1 aromatic carbocycles. The minimum absolute atomic E-state index is 0.0262. The van der Waals surface area contributed by atoms with E-state index < -0.39 is 11.7 Å². The molecule has 3 heterocycles. The summed E-state index contributed by atoms with van der Waals surface area (Å²) in [6, 6.07) is 11.3. The summed E-state index contributed by atoms with van der Waals surface area (Å²) in [5.74, 6) is 0.850. The number of piperidine rings is 1. The molecule has 0 amide bonds. The van der Waals surface area contributed by atoms with Gasteiger partial charge in [-0.25, -0.2) is 9.97 Å². The van der Waals surface area contributed by atoms with Crippen molar-refractivity contribution in [1.82, 2.24) is 9.97 Å². The normalized spacial score (nSPS) is 14.5. The maximum atomic E-state index is 13.9. The molecule has 1 aliphatic heterocycles. The molecule has 0 unspecified atom stereocenters. The Balaban J connectivity index is 1.49. The molecule has 0 bridgehead atoms. The average molecular weight is 498 g/mol. The number of nitriles is 1. The first-order valence-electron chi connectivity index (χ1n) is 11.7. The Morgan fingerprint density at radius 3 is 2.58 bits per heavy atom. The van der Waals surface area contributed by atoms with E-state index in [1.165, 1.54) is 12.1 Å². The van der Waals surface area contributed by atoms with Crippen LogP contribution in [0.5, 0.6) is 5.75 Å². The monoisotopic (exact) mass is 497 g/mol. The second kappa shape index (κ2) is 10.4. The number of nitrogens with zero attached hydrogens (tertiary/aromatic N) is 4. The molecule has 2 aromatic heterocycles. The molecule has 4 rings (SSSR count). The standard InChI is InChI=1S/C26H27F3N6O/c1-16-5-8-33-24(11-16)35-9-6-17(7-10-35)15-36-23-4-3-18(12-19(23)26(27,28)29)20-13-21(32-2)25(31)22(14-30)34-20/h3-5,8,11-13,17H,6-7,9-10,15,31H2,1-2H3,(H,32,34)/p+1. The third kappa shape index (κ3) is 5.52. The van der Waals surface area contributed by atoms with Gasteiger partial charge in [0.25, 0.3) is 0 Å². The summed E-state index contributed by atoms with van der Waals surface area (Å²) in [7, 11) is 1.73. The number of aryl methyl sites for hydroxylation is 1. The average Bonchev–Trinajstić information content (AvgIpc) is 2.87. The summed E-state index contributed by atoms with van der Waals surface area (Å²) in [4.78, 5) is 10.8. The minimum atomic E-state index is -4.61.